The van der Waals surface area contributed by atoms with Crippen LogP contribution in [0.4, 0.5) is 0 Å². The maximum atomic E-state index is 10.7. The molecular weight excluding hydrogens is 220 g/mol. The Morgan fingerprint density at radius 2 is 2.21 bits per heavy atom. The Balaban J connectivity index is 3.02. The van der Waals surface area contributed by atoms with Crippen LogP contribution >= 0.6 is 11.6 Å². The number of aryl methyl sites for hydroxylation is 1. The van der Waals surface area contributed by atoms with E-state index in [1.807, 2.05) is 12.1 Å². The van der Waals surface area contributed by atoms with Crippen molar-refractivity contribution in [2.75, 3.05) is 0 Å². The Labute approximate surface area is 91.6 Å². The van der Waals surface area contributed by atoms with Gasteiger partial charge >= 0.3 is 0 Å². The van der Waals surface area contributed by atoms with E-state index in [1.165, 1.54) is 0 Å². The molecule has 78 valence electrons. The molecule has 0 saturated heterocycles. The van der Waals surface area contributed by atoms with Crippen molar-refractivity contribution in [2.45, 2.75) is 25.5 Å². The SMILES string of the molecule is CCCc1cccc(Cl)c1CS(=O)O. The van der Waals surface area contributed by atoms with Crippen molar-refractivity contribution < 1.29 is 8.76 Å². The summed E-state index contributed by atoms with van der Waals surface area (Å²) < 4.78 is 19.6. The highest BCUT2D eigenvalue weighted by Crippen LogP contribution is 2.22. The number of benzene rings is 1. The van der Waals surface area contributed by atoms with Crippen LogP contribution < -0.4 is 0 Å². The van der Waals surface area contributed by atoms with E-state index < -0.39 is 11.1 Å². The van der Waals surface area contributed by atoms with Gasteiger partial charge in [-0.05, 0) is 23.6 Å². The second-order valence-corrected chi connectivity index (χ2v) is 4.43. The summed E-state index contributed by atoms with van der Waals surface area (Å²) in [6.45, 7) is 2.07. The number of hydrogen-bond acceptors (Lipinski definition) is 1. The minimum atomic E-state index is -1.83. The molecule has 0 spiro atoms. The predicted octanol–water partition coefficient (Wildman–Crippen LogP) is 3.01. The van der Waals surface area contributed by atoms with Crippen LogP contribution in [0.1, 0.15) is 24.5 Å². The summed E-state index contributed by atoms with van der Waals surface area (Å²) in [4.78, 5) is 0. The quantitative estimate of drug-likeness (QED) is 0.811. The second kappa shape index (κ2) is 5.49. The zero-order valence-electron chi connectivity index (χ0n) is 8.00. The summed E-state index contributed by atoms with van der Waals surface area (Å²) in [5.74, 6) is 0.120. The van der Waals surface area contributed by atoms with E-state index in [9.17, 15) is 4.21 Å². The van der Waals surface area contributed by atoms with Gasteiger partial charge in [0, 0.05) is 5.02 Å². The van der Waals surface area contributed by atoms with Gasteiger partial charge in [0.15, 0.2) is 11.1 Å². The third-order valence-electron chi connectivity index (χ3n) is 2.00. The van der Waals surface area contributed by atoms with Crippen LogP contribution in [0.2, 0.25) is 5.02 Å². The van der Waals surface area contributed by atoms with E-state index in [4.69, 9.17) is 16.2 Å². The molecule has 0 bridgehead atoms. The normalized spacial score (nSPS) is 12.8. The van der Waals surface area contributed by atoms with Crippen LogP contribution in [0.3, 0.4) is 0 Å². The van der Waals surface area contributed by atoms with Gasteiger partial charge < -0.3 is 4.55 Å². The molecule has 1 aromatic carbocycles. The predicted molar refractivity (Wildman–Crippen MR) is 59.9 cm³/mol. The lowest BCUT2D eigenvalue weighted by atomic mass is 10.0. The van der Waals surface area contributed by atoms with Crippen molar-refractivity contribution in [1.29, 1.82) is 0 Å². The maximum Gasteiger partial charge on any atom is 0.157 e. The van der Waals surface area contributed by atoms with Gasteiger partial charge in [-0.1, -0.05) is 37.1 Å². The fourth-order valence-electron chi connectivity index (χ4n) is 1.39. The lowest BCUT2D eigenvalue weighted by Crippen LogP contribution is -1.99. The molecule has 2 nitrogen and oxygen atoms in total. The number of halogens is 1. The minimum Gasteiger partial charge on any atom is -0.306 e. The summed E-state index contributed by atoms with van der Waals surface area (Å²) in [6, 6.07) is 5.58. The highest BCUT2D eigenvalue weighted by atomic mass is 35.5. The molecule has 1 unspecified atom stereocenters. The van der Waals surface area contributed by atoms with Gasteiger partial charge in [0.1, 0.15) is 0 Å². The van der Waals surface area contributed by atoms with E-state index in [0.29, 0.717) is 5.02 Å². The van der Waals surface area contributed by atoms with E-state index >= 15 is 0 Å². The molecule has 0 fully saturated rings. The highest BCUT2D eigenvalue weighted by Gasteiger charge is 2.08. The van der Waals surface area contributed by atoms with E-state index in [0.717, 1.165) is 24.0 Å². The third-order valence-corrected chi connectivity index (χ3v) is 2.89. The molecule has 0 aliphatic heterocycles. The fourth-order valence-corrected chi connectivity index (χ4v) is 2.32. The van der Waals surface area contributed by atoms with Crippen LogP contribution in [0.5, 0.6) is 0 Å². The zero-order chi connectivity index (χ0) is 10.6. The van der Waals surface area contributed by atoms with Gasteiger partial charge in [-0.15, -0.1) is 0 Å². The molecule has 1 aromatic rings. The Morgan fingerprint density at radius 1 is 1.50 bits per heavy atom. The summed E-state index contributed by atoms with van der Waals surface area (Å²) in [7, 11) is 0. The zero-order valence-corrected chi connectivity index (χ0v) is 9.57. The molecule has 4 heteroatoms. The van der Waals surface area contributed by atoms with E-state index in [-0.39, 0.29) is 5.75 Å². The van der Waals surface area contributed by atoms with Crippen molar-refractivity contribution in [3.05, 3.63) is 34.3 Å². The highest BCUT2D eigenvalue weighted by molar-refractivity contribution is 7.78. The number of rotatable bonds is 4. The van der Waals surface area contributed by atoms with Crippen LogP contribution in [0.15, 0.2) is 18.2 Å². The first-order valence-corrected chi connectivity index (χ1v) is 6.14. The maximum absolute atomic E-state index is 10.7. The molecule has 1 N–H and O–H groups in total. The molecular formula is C10H13ClO2S. The molecule has 0 radical (unpaired) electrons. The lowest BCUT2D eigenvalue weighted by Gasteiger charge is -2.08. The topological polar surface area (TPSA) is 37.3 Å². The average Bonchev–Trinajstić information content (AvgIpc) is 2.11. The summed E-state index contributed by atoms with van der Waals surface area (Å²) in [5.41, 5.74) is 1.87. The largest absolute Gasteiger partial charge is 0.306 e. The van der Waals surface area contributed by atoms with E-state index in [2.05, 4.69) is 6.92 Å². The summed E-state index contributed by atoms with van der Waals surface area (Å²) >= 11 is 4.14. The third kappa shape index (κ3) is 3.08. The van der Waals surface area contributed by atoms with Gasteiger partial charge in [-0.2, -0.15) is 0 Å². The molecule has 14 heavy (non-hydrogen) atoms. The molecule has 0 aromatic heterocycles. The van der Waals surface area contributed by atoms with E-state index in [1.54, 1.807) is 6.07 Å². The molecule has 0 heterocycles. The molecule has 0 saturated carbocycles. The van der Waals surface area contributed by atoms with Crippen molar-refractivity contribution in [2.24, 2.45) is 0 Å². The minimum absolute atomic E-state index is 0.120. The Kier molecular flexibility index (Phi) is 4.58. The van der Waals surface area contributed by atoms with Crippen molar-refractivity contribution >= 4 is 22.7 Å². The Hall–Kier alpha value is -0.380. The summed E-state index contributed by atoms with van der Waals surface area (Å²) in [6.07, 6.45) is 1.90. The molecule has 0 aliphatic rings. The standard InChI is InChI=1S/C10H13ClO2S/c1-2-4-8-5-3-6-10(11)9(8)7-14(12)13/h3,5-6H,2,4,7H2,1H3,(H,12,13). The smallest absolute Gasteiger partial charge is 0.157 e. The van der Waals surface area contributed by atoms with Crippen molar-refractivity contribution in [1.82, 2.24) is 0 Å². The summed E-state index contributed by atoms with van der Waals surface area (Å²) in [5, 5.41) is 0.582. The van der Waals surface area contributed by atoms with Crippen LogP contribution in [0, 0.1) is 0 Å². The van der Waals surface area contributed by atoms with Gasteiger partial charge in [0.25, 0.3) is 0 Å². The first kappa shape index (κ1) is 11.7. The van der Waals surface area contributed by atoms with Crippen molar-refractivity contribution in [3.8, 4) is 0 Å². The number of hydrogen-bond donors (Lipinski definition) is 1. The van der Waals surface area contributed by atoms with Crippen LogP contribution in [-0.2, 0) is 23.3 Å². The average molecular weight is 233 g/mol. The molecule has 1 rings (SSSR count). The van der Waals surface area contributed by atoms with Crippen LogP contribution in [0.25, 0.3) is 0 Å². The van der Waals surface area contributed by atoms with Gasteiger partial charge in [-0.3, -0.25) is 0 Å². The Bertz CT molecular complexity index is 339. The second-order valence-electron chi connectivity index (χ2n) is 3.09. The van der Waals surface area contributed by atoms with Crippen molar-refractivity contribution in [3.63, 3.8) is 0 Å². The van der Waals surface area contributed by atoms with Gasteiger partial charge in [0.05, 0.1) is 5.75 Å². The monoisotopic (exact) mass is 232 g/mol. The first-order chi connectivity index (χ1) is 6.65. The molecule has 0 aliphatic carbocycles. The van der Waals surface area contributed by atoms with Crippen LogP contribution in [-0.4, -0.2) is 8.76 Å². The lowest BCUT2D eigenvalue weighted by molar-refractivity contribution is 0.563. The van der Waals surface area contributed by atoms with Gasteiger partial charge in [0.2, 0.25) is 0 Å². The fraction of sp³-hybridized carbons (Fsp3) is 0.400. The first-order valence-electron chi connectivity index (χ1n) is 4.49. The molecule has 0 amide bonds. The Morgan fingerprint density at radius 3 is 2.79 bits per heavy atom. The molecule has 1 atom stereocenters. The van der Waals surface area contributed by atoms with Gasteiger partial charge in [-0.25, -0.2) is 4.21 Å².